The summed E-state index contributed by atoms with van der Waals surface area (Å²) in [7, 11) is -3.59. The molecule has 0 amide bonds. The summed E-state index contributed by atoms with van der Waals surface area (Å²) < 4.78 is 36.8. The van der Waals surface area contributed by atoms with Crippen LogP contribution >= 0.6 is 0 Å². The molecule has 0 aromatic carbocycles. The summed E-state index contributed by atoms with van der Waals surface area (Å²) in [5.41, 5.74) is 5.41. The normalized spacial score (nSPS) is 26.4. The number of ether oxygens (including phenoxy) is 1. The van der Waals surface area contributed by atoms with Crippen molar-refractivity contribution in [2.75, 3.05) is 13.1 Å². The second-order valence-corrected chi connectivity index (χ2v) is 6.37. The fraction of sp³-hybridized carbons (Fsp3) is 0.636. The number of furan rings is 1. The van der Waals surface area contributed by atoms with Crippen LogP contribution in [0.3, 0.4) is 0 Å². The van der Waals surface area contributed by atoms with Crippen LogP contribution in [0.5, 0.6) is 0 Å². The summed E-state index contributed by atoms with van der Waals surface area (Å²) in [5.74, 6) is 0.461. The van der Waals surface area contributed by atoms with Gasteiger partial charge in [-0.3, -0.25) is 0 Å². The lowest BCUT2D eigenvalue weighted by molar-refractivity contribution is -0.0443. The van der Waals surface area contributed by atoms with Gasteiger partial charge in [-0.15, -0.1) is 0 Å². The zero-order valence-electron chi connectivity index (χ0n) is 10.5. The molecule has 1 aliphatic heterocycles. The highest BCUT2D eigenvalue weighted by molar-refractivity contribution is 7.89. The predicted molar refractivity (Wildman–Crippen MR) is 65.4 cm³/mol. The maximum atomic E-state index is 12.3. The Kier molecular flexibility index (Phi) is 3.76. The van der Waals surface area contributed by atoms with Crippen LogP contribution in [0.25, 0.3) is 0 Å². The van der Waals surface area contributed by atoms with Crippen LogP contribution in [0.1, 0.15) is 19.6 Å². The molecule has 1 fully saturated rings. The van der Waals surface area contributed by atoms with Gasteiger partial charge in [0, 0.05) is 13.1 Å². The van der Waals surface area contributed by atoms with E-state index in [4.69, 9.17) is 14.9 Å². The monoisotopic (exact) mass is 274 g/mol. The summed E-state index contributed by atoms with van der Waals surface area (Å²) in [6, 6.07) is 3.03. The number of hydrogen-bond donors (Lipinski definition) is 1. The number of hydrogen-bond acceptors (Lipinski definition) is 5. The van der Waals surface area contributed by atoms with Gasteiger partial charge in [0.05, 0.1) is 18.8 Å². The molecule has 2 rings (SSSR count). The fourth-order valence-corrected chi connectivity index (χ4v) is 3.58. The van der Waals surface area contributed by atoms with Crippen LogP contribution in [0, 0.1) is 0 Å². The molecule has 0 bridgehead atoms. The van der Waals surface area contributed by atoms with Crippen molar-refractivity contribution in [3.63, 3.8) is 0 Å². The molecule has 1 aromatic rings. The first-order valence-corrected chi connectivity index (χ1v) is 7.32. The summed E-state index contributed by atoms with van der Waals surface area (Å²) in [4.78, 5) is 0. The minimum atomic E-state index is -3.59. The number of nitrogens with zero attached hydrogens (tertiary/aromatic N) is 1. The highest BCUT2D eigenvalue weighted by Gasteiger charge is 2.34. The second-order valence-electron chi connectivity index (χ2n) is 4.50. The van der Waals surface area contributed by atoms with E-state index in [-0.39, 0.29) is 23.8 Å². The smallest absolute Gasteiger partial charge is 0.276 e. The Morgan fingerprint density at radius 1 is 1.33 bits per heavy atom. The first-order valence-electron chi connectivity index (χ1n) is 5.88. The number of nitrogens with two attached hydrogens (primary N) is 1. The molecule has 2 atom stereocenters. The van der Waals surface area contributed by atoms with E-state index in [2.05, 4.69) is 0 Å². The minimum absolute atomic E-state index is 0.0516. The van der Waals surface area contributed by atoms with Crippen LogP contribution in [0.4, 0.5) is 0 Å². The van der Waals surface area contributed by atoms with Crippen LogP contribution in [-0.2, 0) is 21.3 Å². The van der Waals surface area contributed by atoms with Gasteiger partial charge in [-0.25, -0.2) is 8.42 Å². The summed E-state index contributed by atoms with van der Waals surface area (Å²) >= 11 is 0. The van der Waals surface area contributed by atoms with Crippen molar-refractivity contribution < 1.29 is 17.6 Å². The van der Waals surface area contributed by atoms with E-state index in [1.807, 2.05) is 13.8 Å². The van der Waals surface area contributed by atoms with Gasteiger partial charge in [-0.1, -0.05) is 0 Å². The van der Waals surface area contributed by atoms with Crippen molar-refractivity contribution in [2.24, 2.45) is 5.73 Å². The Morgan fingerprint density at radius 2 is 1.94 bits per heavy atom. The van der Waals surface area contributed by atoms with Gasteiger partial charge in [-0.05, 0) is 26.0 Å². The Morgan fingerprint density at radius 3 is 2.44 bits per heavy atom. The highest BCUT2D eigenvalue weighted by atomic mass is 32.2. The minimum Gasteiger partial charge on any atom is -0.447 e. The molecule has 6 nitrogen and oxygen atoms in total. The quantitative estimate of drug-likeness (QED) is 0.869. The molecule has 2 heterocycles. The first kappa shape index (κ1) is 13.5. The standard InChI is InChI=1S/C11H18N2O4S/c1-8-6-13(7-9(2)16-8)18(14,15)11-4-3-10(5-12)17-11/h3-4,8-9H,5-7,12H2,1-2H3. The van der Waals surface area contributed by atoms with Gasteiger partial charge >= 0.3 is 0 Å². The van der Waals surface area contributed by atoms with Gasteiger partial charge in [0.25, 0.3) is 10.0 Å². The van der Waals surface area contributed by atoms with Crippen LogP contribution in [-0.4, -0.2) is 38.0 Å². The highest BCUT2D eigenvalue weighted by Crippen LogP contribution is 2.22. The lowest BCUT2D eigenvalue weighted by Gasteiger charge is -2.33. The fourth-order valence-electron chi connectivity index (χ4n) is 2.06. The largest absolute Gasteiger partial charge is 0.447 e. The molecular formula is C11H18N2O4S. The third-order valence-electron chi connectivity index (χ3n) is 2.82. The van der Waals surface area contributed by atoms with Crippen LogP contribution in [0.2, 0.25) is 0 Å². The average molecular weight is 274 g/mol. The molecule has 18 heavy (non-hydrogen) atoms. The Bertz CT molecular complexity index is 501. The maximum Gasteiger partial charge on any atom is 0.276 e. The lowest BCUT2D eigenvalue weighted by Crippen LogP contribution is -2.47. The SMILES string of the molecule is CC1CN(S(=O)(=O)c2ccc(CN)o2)CC(C)O1. The van der Waals surface area contributed by atoms with Crippen LogP contribution in [0.15, 0.2) is 21.6 Å². The van der Waals surface area contributed by atoms with Gasteiger partial charge in [0.2, 0.25) is 5.09 Å². The van der Waals surface area contributed by atoms with Crippen molar-refractivity contribution in [2.45, 2.75) is 37.7 Å². The molecule has 1 saturated heterocycles. The topological polar surface area (TPSA) is 85.8 Å². The van der Waals surface area contributed by atoms with Gasteiger partial charge in [-0.2, -0.15) is 4.31 Å². The van der Waals surface area contributed by atoms with E-state index in [0.717, 1.165) is 0 Å². The first-order chi connectivity index (χ1) is 8.43. The molecule has 2 unspecified atom stereocenters. The van der Waals surface area contributed by atoms with Crippen molar-refractivity contribution in [3.8, 4) is 0 Å². The third-order valence-corrected chi connectivity index (χ3v) is 4.52. The lowest BCUT2D eigenvalue weighted by atomic mass is 10.3. The number of morpholine rings is 1. The van der Waals surface area contributed by atoms with Gasteiger partial charge < -0.3 is 14.9 Å². The zero-order valence-corrected chi connectivity index (χ0v) is 11.3. The average Bonchev–Trinajstić information content (AvgIpc) is 2.76. The number of sulfonamides is 1. The molecule has 2 N–H and O–H groups in total. The molecule has 0 radical (unpaired) electrons. The van der Waals surface area contributed by atoms with E-state index < -0.39 is 10.0 Å². The van der Waals surface area contributed by atoms with E-state index in [0.29, 0.717) is 18.8 Å². The van der Waals surface area contributed by atoms with E-state index in [9.17, 15) is 8.42 Å². The molecule has 1 aromatic heterocycles. The molecule has 102 valence electrons. The van der Waals surface area contributed by atoms with E-state index >= 15 is 0 Å². The second kappa shape index (κ2) is 5.00. The number of rotatable bonds is 3. The molecule has 0 saturated carbocycles. The Hall–Kier alpha value is -0.890. The summed E-state index contributed by atoms with van der Waals surface area (Å²) in [6.45, 7) is 4.57. The molecule has 7 heteroatoms. The molecular weight excluding hydrogens is 256 g/mol. The van der Waals surface area contributed by atoms with Crippen molar-refractivity contribution in [1.82, 2.24) is 4.31 Å². The molecule has 0 spiro atoms. The Balaban J connectivity index is 2.25. The maximum absolute atomic E-state index is 12.3. The van der Waals surface area contributed by atoms with Crippen molar-refractivity contribution >= 4 is 10.0 Å². The third kappa shape index (κ3) is 2.59. The van der Waals surface area contributed by atoms with Gasteiger partial charge in [0.1, 0.15) is 5.76 Å². The van der Waals surface area contributed by atoms with Crippen molar-refractivity contribution in [1.29, 1.82) is 0 Å². The summed E-state index contributed by atoms with van der Waals surface area (Å²) in [5, 5.41) is -0.0516. The van der Waals surface area contributed by atoms with Gasteiger partial charge in [0.15, 0.2) is 0 Å². The molecule has 1 aliphatic rings. The Labute approximate surface area is 107 Å². The van der Waals surface area contributed by atoms with Crippen LogP contribution < -0.4 is 5.73 Å². The van der Waals surface area contributed by atoms with E-state index in [1.54, 1.807) is 6.07 Å². The van der Waals surface area contributed by atoms with E-state index in [1.165, 1.54) is 10.4 Å². The van der Waals surface area contributed by atoms with Crippen molar-refractivity contribution in [3.05, 3.63) is 17.9 Å². The zero-order chi connectivity index (χ0) is 13.3. The predicted octanol–water partition coefficient (Wildman–Crippen LogP) is 0.536. The molecule has 0 aliphatic carbocycles. The summed E-state index contributed by atoms with van der Waals surface area (Å²) in [6.07, 6.45) is -0.236.